The van der Waals surface area contributed by atoms with E-state index in [2.05, 4.69) is 9.47 Å². The maximum Gasteiger partial charge on any atom is 0.337 e. The first-order chi connectivity index (χ1) is 10.1. The summed E-state index contributed by atoms with van der Waals surface area (Å²) in [7, 11) is 2.67. The van der Waals surface area contributed by atoms with Gasteiger partial charge in [0, 0.05) is 21.1 Å². The van der Waals surface area contributed by atoms with Gasteiger partial charge in [-0.2, -0.15) is 12.7 Å². The number of benzene rings is 1. The van der Waals surface area contributed by atoms with E-state index < -0.39 is 22.1 Å². The lowest BCUT2D eigenvalue weighted by molar-refractivity contribution is 0.0599. The van der Waals surface area contributed by atoms with Crippen LogP contribution in [0.15, 0.2) is 18.2 Å². The highest BCUT2D eigenvalue weighted by Crippen LogP contribution is 2.22. The van der Waals surface area contributed by atoms with Crippen molar-refractivity contribution in [1.82, 2.24) is 4.31 Å². The van der Waals surface area contributed by atoms with Crippen LogP contribution >= 0.6 is 0 Å². The van der Waals surface area contributed by atoms with Crippen molar-refractivity contribution < 1.29 is 27.5 Å². The number of hydrogen-bond donors (Lipinski definition) is 0. The van der Waals surface area contributed by atoms with Crippen molar-refractivity contribution in [2.24, 2.45) is 0 Å². The largest absolute Gasteiger partial charge is 0.465 e. The van der Waals surface area contributed by atoms with Gasteiger partial charge in [0.2, 0.25) is 0 Å². The van der Waals surface area contributed by atoms with Crippen molar-refractivity contribution in [2.45, 2.75) is 0 Å². The van der Waals surface area contributed by atoms with E-state index in [1.165, 1.54) is 53.6 Å². The highest BCUT2D eigenvalue weighted by atomic mass is 32.2. The maximum atomic E-state index is 12.2. The van der Waals surface area contributed by atoms with Crippen LogP contribution in [0.2, 0.25) is 0 Å². The molecule has 8 nitrogen and oxygen atoms in total. The van der Waals surface area contributed by atoms with Crippen LogP contribution in [0.3, 0.4) is 0 Å². The van der Waals surface area contributed by atoms with Crippen molar-refractivity contribution >= 4 is 27.8 Å². The predicted octanol–water partition coefficient (Wildman–Crippen LogP) is 0.502. The molecular formula is C13H18N2O6S. The van der Waals surface area contributed by atoms with Gasteiger partial charge >= 0.3 is 22.1 Å². The summed E-state index contributed by atoms with van der Waals surface area (Å²) >= 11 is 0. The van der Waals surface area contributed by atoms with Crippen molar-refractivity contribution in [1.29, 1.82) is 0 Å². The second-order valence-corrected chi connectivity index (χ2v) is 6.68. The number of hydrogen-bond acceptors (Lipinski definition) is 6. The number of carbonyl (C=O) groups excluding carboxylic acids is 2. The fourth-order valence-corrected chi connectivity index (χ4v) is 2.50. The Balaban J connectivity index is 3.47. The molecule has 0 bridgehead atoms. The van der Waals surface area contributed by atoms with E-state index in [4.69, 9.17) is 0 Å². The van der Waals surface area contributed by atoms with Crippen LogP contribution in [-0.4, -0.2) is 60.0 Å². The van der Waals surface area contributed by atoms with Crippen LogP contribution in [-0.2, 0) is 19.7 Å². The number of ether oxygens (including phenoxy) is 2. The fraction of sp³-hybridized carbons (Fsp3) is 0.385. The van der Waals surface area contributed by atoms with Gasteiger partial charge in [-0.3, -0.25) is 4.31 Å². The average molecular weight is 330 g/mol. The Labute approximate surface area is 129 Å². The Morgan fingerprint density at radius 1 is 0.909 bits per heavy atom. The molecule has 0 aliphatic rings. The molecule has 0 atom stereocenters. The van der Waals surface area contributed by atoms with E-state index in [1.807, 2.05) is 0 Å². The molecule has 0 N–H and O–H groups in total. The topological polar surface area (TPSA) is 93.2 Å². The molecule has 0 aromatic heterocycles. The standard InChI is InChI=1S/C13H18N2O6S/c1-14(2)22(18,19)15(3)11-7-9(12(16)20-4)6-10(8-11)13(17)21-5/h6-8H,1-5H3. The molecule has 9 heteroatoms. The van der Waals surface area contributed by atoms with Crippen molar-refractivity contribution in [3.8, 4) is 0 Å². The fourth-order valence-electron chi connectivity index (χ4n) is 1.64. The van der Waals surface area contributed by atoms with Crippen LogP contribution in [0.5, 0.6) is 0 Å². The molecular weight excluding hydrogens is 312 g/mol. The summed E-state index contributed by atoms with van der Waals surface area (Å²) in [4.78, 5) is 23.4. The molecule has 122 valence electrons. The lowest BCUT2D eigenvalue weighted by Crippen LogP contribution is -2.37. The minimum Gasteiger partial charge on any atom is -0.465 e. The van der Waals surface area contributed by atoms with Gasteiger partial charge in [-0.1, -0.05) is 0 Å². The summed E-state index contributed by atoms with van der Waals surface area (Å²) in [5.41, 5.74) is 0.222. The van der Waals surface area contributed by atoms with Gasteiger partial charge < -0.3 is 9.47 Å². The molecule has 0 fully saturated rings. The quantitative estimate of drug-likeness (QED) is 0.730. The molecule has 0 aliphatic heterocycles. The predicted molar refractivity (Wildman–Crippen MR) is 80.1 cm³/mol. The number of esters is 2. The average Bonchev–Trinajstić information content (AvgIpc) is 2.51. The third-order valence-electron chi connectivity index (χ3n) is 2.93. The number of rotatable bonds is 5. The van der Waals surface area contributed by atoms with Crippen LogP contribution in [0.4, 0.5) is 5.69 Å². The smallest absolute Gasteiger partial charge is 0.337 e. The number of nitrogens with zero attached hydrogens (tertiary/aromatic N) is 2. The molecule has 0 unspecified atom stereocenters. The van der Waals surface area contributed by atoms with Gasteiger partial charge in [-0.25, -0.2) is 9.59 Å². The third kappa shape index (κ3) is 3.55. The van der Waals surface area contributed by atoms with Gasteiger partial charge in [0.25, 0.3) is 0 Å². The Morgan fingerprint density at radius 3 is 1.64 bits per heavy atom. The van der Waals surface area contributed by atoms with Gasteiger partial charge in [0.1, 0.15) is 0 Å². The lowest BCUT2D eigenvalue weighted by atomic mass is 10.1. The second-order valence-electron chi connectivity index (χ2n) is 4.51. The van der Waals surface area contributed by atoms with E-state index in [9.17, 15) is 18.0 Å². The molecule has 0 radical (unpaired) electrons. The normalized spacial score (nSPS) is 11.2. The molecule has 1 rings (SSSR count). The SMILES string of the molecule is COC(=O)c1cc(C(=O)OC)cc(N(C)S(=O)(=O)N(C)C)c1. The Morgan fingerprint density at radius 2 is 1.32 bits per heavy atom. The van der Waals surface area contributed by atoms with Crippen molar-refractivity contribution in [3.63, 3.8) is 0 Å². The van der Waals surface area contributed by atoms with Crippen molar-refractivity contribution in [3.05, 3.63) is 29.3 Å². The first-order valence-corrected chi connectivity index (χ1v) is 7.53. The first-order valence-electron chi connectivity index (χ1n) is 6.13. The summed E-state index contributed by atoms with van der Waals surface area (Å²) in [6.07, 6.45) is 0. The van der Waals surface area contributed by atoms with Crippen LogP contribution < -0.4 is 4.31 Å². The van der Waals surface area contributed by atoms with E-state index in [0.29, 0.717) is 0 Å². The van der Waals surface area contributed by atoms with Gasteiger partial charge in [-0.05, 0) is 18.2 Å². The molecule has 0 saturated carbocycles. The second kappa shape index (κ2) is 6.75. The summed E-state index contributed by atoms with van der Waals surface area (Å²) in [5, 5.41) is 0. The highest BCUT2D eigenvalue weighted by molar-refractivity contribution is 7.90. The first kappa shape index (κ1) is 17.9. The minimum atomic E-state index is -3.77. The number of anilines is 1. The van der Waals surface area contributed by atoms with E-state index in [1.54, 1.807) is 0 Å². The molecule has 1 aromatic carbocycles. The van der Waals surface area contributed by atoms with E-state index in [-0.39, 0.29) is 16.8 Å². The minimum absolute atomic E-state index is 0.0428. The Bertz CT molecular complexity index is 650. The van der Waals surface area contributed by atoms with E-state index >= 15 is 0 Å². The molecule has 0 aliphatic carbocycles. The third-order valence-corrected chi connectivity index (χ3v) is 4.76. The van der Waals surface area contributed by atoms with Gasteiger partial charge in [-0.15, -0.1) is 0 Å². The van der Waals surface area contributed by atoms with Gasteiger partial charge in [0.15, 0.2) is 0 Å². The summed E-state index contributed by atoms with van der Waals surface area (Å²) in [6.45, 7) is 0. The zero-order valence-electron chi connectivity index (χ0n) is 13.0. The number of methoxy groups -OCH3 is 2. The molecule has 0 amide bonds. The summed E-state index contributed by atoms with van der Waals surface area (Å²) < 4.78 is 35.5. The molecule has 0 saturated heterocycles. The van der Waals surface area contributed by atoms with E-state index in [0.717, 1.165) is 8.61 Å². The summed E-state index contributed by atoms with van der Waals surface area (Å²) in [6, 6.07) is 3.91. The maximum absolute atomic E-state index is 12.2. The molecule has 0 heterocycles. The van der Waals surface area contributed by atoms with Crippen LogP contribution in [0.1, 0.15) is 20.7 Å². The highest BCUT2D eigenvalue weighted by Gasteiger charge is 2.23. The zero-order chi connectivity index (χ0) is 17.1. The van der Waals surface area contributed by atoms with Crippen molar-refractivity contribution in [2.75, 3.05) is 39.7 Å². The Kier molecular flexibility index (Phi) is 5.50. The van der Waals surface area contributed by atoms with Gasteiger partial charge in [0.05, 0.1) is 31.0 Å². The van der Waals surface area contributed by atoms with Crippen LogP contribution in [0, 0.1) is 0 Å². The van der Waals surface area contributed by atoms with Crippen LogP contribution in [0.25, 0.3) is 0 Å². The monoisotopic (exact) mass is 330 g/mol. The molecule has 22 heavy (non-hydrogen) atoms. The molecule has 0 spiro atoms. The lowest BCUT2D eigenvalue weighted by Gasteiger charge is -2.24. The number of carbonyl (C=O) groups is 2. The molecule has 1 aromatic rings. The summed E-state index contributed by atoms with van der Waals surface area (Å²) in [5.74, 6) is -1.38. The zero-order valence-corrected chi connectivity index (χ0v) is 13.8. The Hall–Kier alpha value is -2.13.